The molecule has 35 heavy (non-hydrogen) atoms. The van der Waals surface area contributed by atoms with Crippen LogP contribution in [0.15, 0.2) is 36.4 Å². The van der Waals surface area contributed by atoms with Crippen LogP contribution in [0, 0.1) is 0 Å². The van der Waals surface area contributed by atoms with E-state index in [1.54, 1.807) is 12.1 Å². The third-order valence-corrected chi connectivity index (χ3v) is 5.87. The van der Waals surface area contributed by atoms with Crippen LogP contribution in [0.1, 0.15) is 57.8 Å². The third kappa shape index (κ3) is 7.24. The predicted molar refractivity (Wildman–Crippen MR) is 141 cm³/mol. The van der Waals surface area contributed by atoms with Crippen LogP contribution in [-0.4, -0.2) is 54.8 Å². The number of piperidine rings is 1. The van der Waals surface area contributed by atoms with E-state index in [1.165, 1.54) is 0 Å². The molecule has 1 unspecified atom stereocenters. The molecule has 4 N–H and O–H groups in total. The van der Waals surface area contributed by atoms with E-state index in [9.17, 15) is 9.59 Å². The Morgan fingerprint density at radius 3 is 2.43 bits per heavy atom. The highest BCUT2D eigenvalue weighted by Gasteiger charge is 2.25. The lowest BCUT2D eigenvalue weighted by Gasteiger charge is -2.34. The Bertz CT molecular complexity index is 1010. The minimum absolute atomic E-state index is 0.0553. The van der Waals surface area contributed by atoms with E-state index < -0.39 is 17.6 Å². The highest BCUT2D eigenvalue weighted by atomic mass is 16.6. The van der Waals surface area contributed by atoms with Crippen LogP contribution >= 0.6 is 0 Å². The van der Waals surface area contributed by atoms with E-state index in [-0.39, 0.29) is 6.04 Å². The van der Waals surface area contributed by atoms with Crippen LogP contribution in [0.4, 0.5) is 27.8 Å². The molecule has 190 valence electrons. The zero-order valence-corrected chi connectivity index (χ0v) is 21.4. The number of benzene rings is 1. The van der Waals surface area contributed by atoms with Crippen LogP contribution < -0.4 is 26.2 Å². The minimum Gasteiger partial charge on any atom is -0.444 e. The number of carbonyl (C=O) groups is 2. The average Bonchev–Trinajstić information content (AvgIpc) is 2.79. The molecule has 0 radical (unpaired) electrons. The number of aromatic nitrogens is 1. The molecule has 0 bridgehead atoms. The first-order chi connectivity index (χ1) is 16.6. The standard InChI is InChI=1S/C26H38N6O3/c1-6-31(7-2)20-12-10-18(11-13-20)28-24-21(23(27)33)14-15-22(30-24)32-16-8-9-19(17-32)29-25(34)35-26(3,4)5/h10-15,19H,6-9,16-17H2,1-5H3,(H2,27,33)(H,28,30)(H,29,34). The summed E-state index contributed by atoms with van der Waals surface area (Å²) in [6.45, 7) is 13.0. The van der Waals surface area contributed by atoms with Gasteiger partial charge in [0.1, 0.15) is 17.2 Å². The highest BCUT2D eigenvalue weighted by Crippen LogP contribution is 2.26. The number of primary amides is 1. The van der Waals surface area contributed by atoms with E-state index in [2.05, 4.69) is 34.3 Å². The molecule has 1 atom stereocenters. The van der Waals surface area contributed by atoms with Gasteiger partial charge in [-0.05, 0) is 83.9 Å². The van der Waals surface area contributed by atoms with Gasteiger partial charge >= 0.3 is 6.09 Å². The first-order valence-electron chi connectivity index (χ1n) is 12.3. The number of rotatable bonds is 8. The molecule has 1 aliphatic heterocycles. The van der Waals surface area contributed by atoms with Gasteiger partial charge in [0.15, 0.2) is 0 Å². The van der Waals surface area contributed by atoms with Gasteiger partial charge < -0.3 is 30.9 Å². The maximum Gasteiger partial charge on any atom is 0.407 e. The number of alkyl carbamates (subject to hydrolysis) is 1. The van der Waals surface area contributed by atoms with Crippen LogP contribution in [0.5, 0.6) is 0 Å². The van der Waals surface area contributed by atoms with E-state index in [1.807, 2.05) is 45.0 Å². The number of ether oxygens (including phenoxy) is 1. The molecule has 1 aliphatic rings. The van der Waals surface area contributed by atoms with Gasteiger partial charge in [-0.3, -0.25) is 4.79 Å². The minimum atomic E-state index is -0.547. The van der Waals surface area contributed by atoms with Gasteiger partial charge in [-0.1, -0.05) is 0 Å². The number of nitrogens with zero attached hydrogens (tertiary/aromatic N) is 3. The lowest BCUT2D eigenvalue weighted by Crippen LogP contribution is -2.49. The molecule has 2 aromatic rings. The van der Waals surface area contributed by atoms with Crippen molar-refractivity contribution in [2.24, 2.45) is 5.73 Å². The number of carbonyl (C=O) groups excluding carboxylic acids is 2. The molecule has 1 saturated heterocycles. The Balaban J connectivity index is 1.76. The van der Waals surface area contributed by atoms with E-state index in [0.717, 1.165) is 43.9 Å². The van der Waals surface area contributed by atoms with Gasteiger partial charge in [0.05, 0.1) is 5.56 Å². The zero-order chi connectivity index (χ0) is 25.6. The van der Waals surface area contributed by atoms with Crippen molar-refractivity contribution in [3.05, 3.63) is 42.0 Å². The molecule has 2 heterocycles. The normalized spacial score (nSPS) is 15.9. The topological polar surface area (TPSA) is 113 Å². The van der Waals surface area contributed by atoms with Gasteiger partial charge in [0.25, 0.3) is 5.91 Å². The molecule has 9 heteroatoms. The van der Waals surface area contributed by atoms with Crippen molar-refractivity contribution in [2.75, 3.05) is 41.3 Å². The summed E-state index contributed by atoms with van der Waals surface area (Å²) in [7, 11) is 0. The van der Waals surface area contributed by atoms with Crippen LogP contribution in [-0.2, 0) is 4.74 Å². The number of nitrogens with one attached hydrogen (secondary N) is 2. The number of amides is 2. The zero-order valence-electron chi connectivity index (χ0n) is 21.4. The molecule has 0 aliphatic carbocycles. The molecular formula is C26H38N6O3. The predicted octanol–water partition coefficient (Wildman–Crippen LogP) is 4.26. The number of hydrogen-bond acceptors (Lipinski definition) is 7. The van der Waals surface area contributed by atoms with Crippen LogP contribution in [0.2, 0.25) is 0 Å². The van der Waals surface area contributed by atoms with Crippen LogP contribution in [0.25, 0.3) is 0 Å². The summed E-state index contributed by atoms with van der Waals surface area (Å²) in [6.07, 6.45) is 1.34. The number of hydrogen-bond donors (Lipinski definition) is 3. The second-order valence-electron chi connectivity index (χ2n) is 9.71. The molecule has 1 fully saturated rings. The summed E-state index contributed by atoms with van der Waals surface area (Å²) >= 11 is 0. The van der Waals surface area contributed by atoms with Crippen molar-refractivity contribution in [1.82, 2.24) is 10.3 Å². The van der Waals surface area contributed by atoms with Crippen molar-refractivity contribution < 1.29 is 14.3 Å². The summed E-state index contributed by atoms with van der Waals surface area (Å²) < 4.78 is 5.40. The smallest absolute Gasteiger partial charge is 0.407 e. The lowest BCUT2D eigenvalue weighted by atomic mass is 10.1. The van der Waals surface area contributed by atoms with Gasteiger partial charge in [-0.25, -0.2) is 9.78 Å². The number of nitrogens with two attached hydrogens (primary N) is 1. The molecule has 9 nitrogen and oxygen atoms in total. The first-order valence-corrected chi connectivity index (χ1v) is 12.3. The van der Waals surface area contributed by atoms with Crippen molar-refractivity contribution >= 4 is 35.0 Å². The molecule has 0 saturated carbocycles. The molecule has 1 aromatic heterocycles. The molecule has 3 rings (SSSR count). The Kier molecular flexibility index (Phi) is 8.43. The summed E-state index contributed by atoms with van der Waals surface area (Å²) in [5.74, 6) is 0.579. The SMILES string of the molecule is CCN(CC)c1ccc(Nc2nc(N3CCCC(NC(=O)OC(C)(C)C)C3)ccc2C(N)=O)cc1. The monoisotopic (exact) mass is 482 g/mol. The van der Waals surface area contributed by atoms with Crippen molar-refractivity contribution in [1.29, 1.82) is 0 Å². The Morgan fingerprint density at radius 1 is 1.14 bits per heavy atom. The van der Waals surface area contributed by atoms with Gasteiger partial charge in [0.2, 0.25) is 0 Å². The Hall–Kier alpha value is -3.49. The second kappa shape index (κ2) is 11.3. The second-order valence-corrected chi connectivity index (χ2v) is 9.71. The largest absolute Gasteiger partial charge is 0.444 e. The Morgan fingerprint density at radius 2 is 1.83 bits per heavy atom. The van der Waals surface area contributed by atoms with Gasteiger partial charge in [-0.2, -0.15) is 0 Å². The van der Waals surface area contributed by atoms with Crippen LogP contribution in [0.3, 0.4) is 0 Å². The fourth-order valence-electron chi connectivity index (χ4n) is 4.18. The van der Waals surface area contributed by atoms with Crippen molar-refractivity contribution in [3.8, 4) is 0 Å². The van der Waals surface area contributed by atoms with E-state index in [0.29, 0.717) is 23.7 Å². The average molecular weight is 483 g/mol. The quantitative estimate of drug-likeness (QED) is 0.515. The number of anilines is 4. The van der Waals surface area contributed by atoms with E-state index in [4.69, 9.17) is 15.5 Å². The van der Waals surface area contributed by atoms with Gasteiger partial charge in [0, 0.05) is 43.6 Å². The molecule has 0 spiro atoms. The third-order valence-electron chi connectivity index (χ3n) is 5.87. The maximum absolute atomic E-state index is 12.2. The summed E-state index contributed by atoms with van der Waals surface area (Å²) in [4.78, 5) is 33.4. The fraction of sp³-hybridized carbons (Fsp3) is 0.500. The number of pyridine rings is 1. The van der Waals surface area contributed by atoms with Crippen molar-refractivity contribution in [3.63, 3.8) is 0 Å². The Labute approximate surface area is 208 Å². The fourth-order valence-corrected chi connectivity index (χ4v) is 4.18. The summed E-state index contributed by atoms with van der Waals surface area (Å²) in [5.41, 5.74) is 7.35. The molecular weight excluding hydrogens is 444 g/mol. The molecule has 2 amide bonds. The first kappa shape index (κ1) is 26.1. The van der Waals surface area contributed by atoms with E-state index >= 15 is 0 Å². The molecule has 1 aromatic carbocycles. The maximum atomic E-state index is 12.2. The van der Waals surface area contributed by atoms with Crippen molar-refractivity contribution in [2.45, 2.75) is 59.1 Å². The lowest BCUT2D eigenvalue weighted by molar-refractivity contribution is 0.0499. The highest BCUT2D eigenvalue weighted by molar-refractivity contribution is 5.98. The summed E-state index contributed by atoms with van der Waals surface area (Å²) in [6, 6.07) is 11.5. The summed E-state index contributed by atoms with van der Waals surface area (Å²) in [5, 5.41) is 6.22. The van der Waals surface area contributed by atoms with Gasteiger partial charge in [-0.15, -0.1) is 0 Å².